The van der Waals surface area contributed by atoms with Crippen molar-refractivity contribution in [3.8, 4) is 5.75 Å². The number of carbonyl (C=O) groups excluding carboxylic acids is 1. The van der Waals surface area contributed by atoms with E-state index in [1.165, 1.54) is 51.6 Å². The molecule has 2 atom stereocenters. The molecule has 0 bridgehead atoms. The van der Waals surface area contributed by atoms with E-state index in [0.717, 1.165) is 18.5 Å². The lowest BCUT2D eigenvalue weighted by molar-refractivity contribution is 0.0874. The van der Waals surface area contributed by atoms with Gasteiger partial charge in [0.1, 0.15) is 5.75 Å². The van der Waals surface area contributed by atoms with Crippen LogP contribution in [0.25, 0.3) is 0 Å². The van der Waals surface area contributed by atoms with Gasteiger partial charge in [-0.3, -0.25) is 4.79 Å². The molecule has 1 unspecified atom stereocenters. The lowest BCUT2D eigenvalue weighted by Gasteiger charge is -2.37. The number of carbonyl (C=O) groups is 1. The van der Waals surface area contributed by atoms with Gasteiger partial charge in [0.2, 0.25) is 0 Å². The van der Waals surface area contributed by atoms with Crippen LogP contribution in [0.1, 0.15) is 60.9 Å². The van der Waals surface area contributed by atoms with E-state index in [1.807, 2.05) is 25.1 Å². The molecule has 1 aromatic rings. The maximum atomic E-state index is 12.9. The van der Waals surface area contributed by atoms with E-state index in [0.29, 0.717) is 17.2 Å². The highest BCUT2D eigenvalue weighted by Gasteiger charge is 2.29. The highest BCUT2D eigenvalue weighted by atomic mass is 16.5. The zero-order valence-electron chi connectivity index (χ0n) is 15.7. The van der Waals surface area contributed by atoms with Gasteiger partial charge in [-0.1, -0.05) is 30.9 Å². The smallest absolute Gasteiger partial charge is 0.255 e. The Morgan fingerprint density at radius 1 is 1.16 bits per heavy atom. The molecule has 1 aliphatic carbocycles. The molecule has 25 heavy (non-hydrogen) atoms. The summed E-state index contributed by atoms with van der Waals surface area (Å²) in [5.41, 5.74) is 1.74. The number of amides is 1. The van der Waals surface area contributed by atoms with Crippen LogP contribution in [0.2, 0.25) is 0 Å². The Labute approximate surface area is 151 Å². The Morgan fingerprint density at radius 3 is 2.68 bits per heavy atom. The summed E-state index contributed by atoms with van der Waals surface area (Å²) in [6.45, 7) is 5.59. The topological polar surface area (TPSA) is 41.6 Å². The Bertz CT molecular complexity index is 581. The quantitative estimate of drug-likeness (QED) is 0.884. The van der Waals surface area contributed by atoms with Crippen LogP contribution in [0.15, 0.2) is 18.2 Å². The molecule has 1 N–H and O–H groups in total. The van der Waals surface area contributed by atoms with E-state index in [2.05, 4.69) is 10.2 Å². The van der Waals surface area contributed by atoms with Crippen LogP contribution < -0.4 is 10.1 Å². The highest BCUT2D eigenvalue weighted by Crippen LogP contribution is 2.27. The molecule has 4 nitrogen and oxygen atoms in total. The van der Waals surface area contributed by atoms with Crippen molar-refractivity contribution in [3.63, 3.8) is 0 Å². The molecule has 1 saturated heterocycles. The Morgan fingerprint density at radius 2 is 1.92 bits per heavy atom. The minimum atomic E-state index is 0.0103. The molecule has 1 heterocycles. The van der Waals surface area contributed by atoms with Crippen molar-refractivity contribution in [3.05, 3.63) is 29.3 Å². The third-order valence-electron chi connectivity index (χ3n) is 5.77. The van der Waals surface area contributed by atoms with Gasteiger partial charge in [0, 0.05) is 12.6 Å². The SMILES string of the molecule is COc1ccc(C)cc1C(=O)NC1CCCC[C@H]1CN1CCCCC1. The lowest BCUT2D eigenvalue weighted by atomic mass is 9.83. The van der Waals surface area contributed by atoms with Crippen molar-refractivity contribution in [1.29, 1.82) is 0 Å². The molecule has 0 spiro atoms. The molecule has 1 aromatic carbocycles. The summed E-state index contributed by atoms with van der Waals surface area (Å²) in [5, 5.41) is 3.33. The molecular formula is C21H32N2O2. The molecule has 0 aromatic heterocycles. The van der Waals surface area contributed by atoms with Gasteiger partial charge >= 0.3 is 0 Å². The third-order valence-corrected chi connectivity index (χ3v) is 5.77. The van der Waals surface area contributed by atoms with Crippen LogP contribution in [0.4, 0.5) is 0 Å². The molecule has 4 heteroatoms. The summed E-state index contributed by atoms with van der Waals surface area (Å²) in [6, 6.07) is 6.08. The number of benzene rings is 1. The van der Waals surface area contributed by atoms with Crippen LogP contribution >= 0.6 is 0 Å². The number of aryl methyl sites for hydroxylation is 1. The number of ether oxygens (including phenoxy) is 1. The van der Waals surface area contributed by atoms with Crippen LogP contribution in [0.5, 0.6) is 5.75 Å². The van der Waals surface area contributed by atoms with Gasteiger partial charge in [0.05, 0.1) is 12.7 Å². The summed E-state index contributed by atoms with van der Waals surface area (Å²) in [6.07, 6.45) is 8.85. The number of rotatable bonds is 5. The normalized spacial score (nSPS) is 24.7. The fraction of sp³-hybridized carbons (Fsp3) is 0.667. The lowest BCUT2D eigenvalue weighted by Crippen LogP contribution is -2.47. The summed E-state index contributed by atoms with van der Waals surface area (Å²) in [5.74, 6) is 1.24. The molecule has 0 radical (unpaired) electrons. The first-order chi connectivity index (χ1) is 12.2. The van der Waals surface area contributed by atoms with Gasteiger partial charge in [-0.15, -0.1) is 0 Å². The van der Waals surface area contributed by atoms with E-state index < -0.39 is 0 Å². The Hall–Kier alpha value is -1.55. The van der Waals surface area contributed by atoms with Crippen LogP contribution in [0, 0.1) is 12.8 Å². The van der Waals surface area contributed by atoms with Gasteiger partial charge in [0.15, 0.2) is 0 Å². The zero-order chi connectivity index (χ0) is 17.6. The number of methoxy groups -OCH3 is 1. The third kappa shape index (κ3) is 4.75. The summed E-state index contributed by atoms with van der Waals surface area (Å²) in [4.78, 5) is 15.5. The van der Waals surface area contributed by atoms with E-state index >= 15 is 0 Å². The number of nitrogens with one attached hydrogen (secondary N) is 1. The van der Waals surface area contributed by atoms with E-state index in [1.54, 1.807) is 7.11 Å². The van der Waals surface area contributed by atoms with Gasteiger partial charge in [-0.25, -0.2) is 0 Å². The van der Waals surface area contributed by atoms with Crippen LogP contribution in [0.3, 0.4) is 0 Å². The number of likely N-dealkylation sites (tertiary alicyclic amines) is 1. The molecule has 1 amide bonds. The second-order valence-corrected chi connectivity index (χ2v) is 7.69. The standard InChI is InChI=1S/C21H32N2O2/c1-16-10-11-20(25-2)18(14-16)21(24)22-19-9-5-4-8-17(19)15-23-12-6-3-7-13-23/h10-11,14,17,19H,3-9,12-13,15H2,1-2H3,(H,22,24)/t17-,19?/m0/s1. The summed E-state index contributed by atoms with van der Waals surface area (Å²) >= 11 is 0. The molecule has 1 aliphatic heterocycles. The number of hydrogen-bond donors (Lipinski definition) is 1. The van der Waals surface area contributed by atoms with Gasteiger partial charge in [0.25, 0.3) is 5.91 Å². The molecule has 2 fully saturated rings. The first kappa shape index (κ1) is 18.2. The van der Waals surface area contributed by atoms with Gasteiger partial charge in [-0.2, -0.15) is 0 Å². The van der Waals surface area contributed by atoms with Crippen LogP contribution in [-0.2, 0) is 0 Å². The van der Waals surface area contributed by atoms with Crippen molar-refractivity contribution in [2.75, 3.05) is 26.7 Å². The van der Waals surface area contributed by atoms with Crippen molar-refractivity contribution >= 4 is 5.91 Å². The monoisotopic (exact) mass is 344 g/mol. The maximum absolute atomic E-state index is 12.9. The van der Waals surface area contributed by atoms with Crippen molar-refractivity contribution in [1.82, 2.24) is 10.2 Å². The molecule has 138 valence electrons. The molecule has 3 rings (SSSR count). The number of hydrogen-bond acceptors (Lipinski definition) is 3. The molecular weight excluding hydrogens is 312 g/mol. The summed E-state index contributed by atoms with van der Waals surface area (Å²) < 4.78 is 5.39. The van der Waals surface area contributed by atoms with Crippen molar-refractivity contribution in [2.24, 2.45) is 5.92 Å². The molecule has 2 aliphatic rings. The first-order valence-corrected chi connectivity index (χ1v) is 9.85. The number of piperidine rings is 1. The second-order valence-electron chi connectivity index (χ2n) is 7.69. The maximum Gasteiger partial charge on any atom is 0.255 e. The van der Waals surface area contributed by atoms with Crippen molar-refractivity contribution in [2.45, 2.75) is 57.9 Å². The predicted octanol–water partition coefficient (Wildman–Crippen LogP) is 3.78. The fourth-order valence-corrected chi connectivity index (χ4v) is 4.34. The minimum absolute atomic E-state index is 0.0103. The largest absolute Gasteiger partial charge is 0.496 e. The highest BCUT2D eigenvalue weighted by molar-refractivity contribution is 5.97. The van der Waals surface area contributed by atoms with E-state index in [9.17, 15) is 4.79 Å². The zero-order valence-corrected chi connectivity index (χ0v) is 15.7. The fourth-order valence-electron chi connectivity index (χ4n) is 4.34. The Kier molecular flexibility index (Phi) is 6.35. The average Bonchev–Trinajstić information content (AvgIpc) is 2.64. The van der Waals surface area contributed by atoms with Crippen molar-refractivity contribution < 1.29 is 9.53 Å². The summed E-state index contributed by atoms with van der Waals surface area (Å²) in [7, 11) is 1.63. The van der Waals surface area contributed by atoms with E-state index in [-0.39, 0.29) is 11.9 Å². The van der Waals surface area contributed by atoms with Gasteiger partial charge < -0.3 is 15.0 Å². The second kappa shape index (κ2) is 8.70. The number of nitrogens with zero attached hydrogens (tertiary/aromatic N) is 1. The minimum Gasteiger partial charge on any atom is -0.496 e. The molecule has 1 saturated carbocycles. The Balaban J connectivity index is 1.66. The van der Waals surface area contributed by atoms with Crippen LogP contribution in [-0.4, -0.2) is 43.6 Å². The van der Waals surface area contributed by atoms with E-state index in [4.69, 9.17) is 4.74 Å². The van der Waals surface area contributed by atoms with Gasteiger partial charge in [-0.05, 0) is 63.7 Å². The average molecular weight is 344 g/mol. The first-order valence-electron chi connectivity index (χ1n) is 9.85. The predicted molar refractivity (Wildman–Crippen MR) is 101 cm³/mol.